The Kier molecular flexibility index (Phi) is 4.62. The highest BCUT2D eigenvalue weighted by atomic mass is 32.1. The van der Waals surface area contributed by atoms with Crippen molar-refractivity contribution in [1.29, 1.82) is 0 Å². The predicted molar refractivity (Wildman–Crippen MR) is 104 cm³/mol. The number of hydrogen-bond acceptors (Lipinski definition) is 3. The maximum atomic E-state index is 12.8. The zero-order valence-electron chi connectivity index (χ0n) is 13.9. The normalized spacial score (nSPS) is 11.8. The second-order valence-electron chi connectivity index (χ2n) is 5.84. The molecule has 4 rings (SSSR count). The highest BCUT2D eigenvalue weighted by Gasteiger charge is 2.19. The van der Waals surface area contributed by atoms with Crippen molar-refractivity contribution >= 4 is 17.2 Å². The van der Waals surface area contributed by atoms with Gasteiger partial charge >= 0.3 is 0 Å². The zero-order valence-corrected chi connectivity index (χ0v) is 14.8. The first kappa shape index (κ1) is 16.3. The fourth-order valence-electron chi connectivity index (χ4n) is 2.80. The molecule has 1 N–H and O–H groups in total. The number of amides is 1. The van der Waals surface area contributed by atoms with Gasteiger partial charge in [-0.1, -0.05) is 54.6 Å². The molecule has 1 amide bonds. The third-order valence-corrected chi connectivity index (χ3v) is 5.04. The number of aromatic nitrogens is 2. The number of carbonyl (C=O) groups excluding carboxylic acids is 1. The maximum absolute atomic E-state index is 12.8. The topological polar surface area (TPSA) is 46.9 Å². The number of para-hydroxylation sites is 1. The summed E-state index contributed by atoms with van der Waals surface area (Å²) in [5, 5.41) is 9.46. The molecule has 26 heavy (non-hydrogen) atoms. The predicted octanol–water partition coefficient (Wildman–Crippen LogP) is 4.45. The molecular weight excluding hydrogens is 342 g/mol. The van der Waals surface area contributed by atoms with Crippen LogP contribution in [0.1, 0.15) is 26.8 Å². The Morgan fingerprint density at radius 1 is 0.962 bits per heavy atom. The van der Waals surface area contributed by atoms with Crippen LogP contribution in [0.15, 0.2) is 90.6 Å². The summed E-state index contributed by atoms with van der Waals surface area (Å²) in [7, 11) is 0. The second kappa shape index (κ2) is 7.37. The summed E-state index contributed by atoms with van der Waals surface area (Å²) >= 11 is 1.63. The van der Waals surface area contributed by atoms with E-state index in [2.05, 4.69) is 10.4 Å². The maximum Gasteiger partial charge on any atom is 0.255 e. The van der Waals surface area contributed by atoms with Gasteiger partial charge in [0.1, 0.15) is 0 Å². The van der Waals surface area contributed by atoms with Gasteiger partial charge in [-0.05, 0) is 29.1 Å². The van der Waals surface area contributed by atoms with Crippen LogP contribution < -0.4 is 5.32 Å². The molecule has 0 aliphatic rings. The van der Waals surface area contributed by atoms with Crippen LogP contribution in [0.5, 0.6) is 0 Å². The number of nitrogens with zero attached hydrogens (tertiary/aromatic N) is 2. The van der Waals surface area contributed by atoms with Gasteiger partial charge in [0.25, 0.3) is 5.91 Å². The molecule has 2 heterocycles. The summed E-state index contributed by atoms with van der Waals surface area (Å²) in [5.74, 6) is -0.144. The van der Waals surface area contributed by atoms with E-state index in [1.54, 1.807) is 28.4 Å². The molecular formula is C21H17N3OS. The first-order valence-corrected chi connectivity index (χ1v) is 9.18. The summed E-state index contributed by atoms with van der Waals surface area (Å²) < 4.78 is 1.71. The van der Waals surface area contributed by atoms with Crippen molar-refractivity contribution in [3.63, 3.8) is 0 Å². The summed E-state index contributed by atoms with van der Waals surface area (Å²) in [5.41, 5.74) is 2.51. The molecule has 0 unspecified atom stereocenters. The number of thiophene rings is 1. The standard InChI is InChI=1S/C21H17N3OS/c25-21(17-14-22-24(15-17)18-10-5-2-6-11-18)23-20(19-12-7-13-26-19)16-8-3-1-4-9-16/h1-15,20H,(H,23,25)/t20-/m0/s1. The van der Waals surface area contributed by atoms with Crippen molar-refractivity contribution in [1.82, 2.24) is 15.1 Å². The van der Waals surface area contributed by atoms with Crippen molar-refractivity contribution in [2.75, 3.05) is 0 Å². The Morgan fingerprint density at radius 2 is 1.69 bits per heavy atom. The van der Waals surface area contributed by atoms with E-state index >= 15 is 0 Å². The van der Waals surface area contributed by atoms with Gasteiger partial charge in [-0.15, -0.1) is 11.3 Å². The van der Waals surface area contributed by atoms with Crippen molar-refractivity contribution in [2.45, 2.75) is 6.04 Å². The summed E-state index contributed by atoms with van der Waals surface area (Å²) in [6.07, 6.45) is 3.35. The molecule has 0 aliphatic heterocycles. The Bertz CT molecular complexity index is 979. The third kappa shape index (κ3) is 3.43. The van der Waals surface area contributed by atoms with Crippen LogP contribution in [-0.4, -0.2) is 15.7 Å². The molecule has 5 heteroatoms. The van der Waals surface area contributed by atoms with Crippen LogP contribution >= 0.6 is 11.3 Å². The third-order valence-electron chi connectivity index (χ3n) is 4.10. The van der Waals surface area contributed by atoms with Gasteiger partial charge < -0.3 is 5.32 Å². The average Bonchev–Trinajstić information content (AvgIpc) is 3.39. The fourth-order valence-corrected chi connectivity index (χ4v) is 3.60. The Morgan fingerprint density at radius 3 is 2.38 bits per heavy atom. The number of hydrogen-bond donors (Lipinski definition) is 1. The first-order chi connectivity index (χ1) is 12.8. The molecule has 0 saturated heterocycles. The molecule has 128 valence electrons. The molecule has 0 radical (unpaired) electrons. The monoisotopic (exact) mass is 359 g/mol. The molecule has 0 aliphatic carbocycles. The van der Waals surface area contributed by atoms with Crippen molar-refractivity contribution in [3.05, 3.63) is 107 Å². The van der Waals surface area contributed by atoms with Crippen LogP contribution in [0.4, 0.5) is 0 Å². The lowest BCUT2D eigenvalue weighted by atomic mass is 10.1. The molecule has 0 spiro atoms. The van der Waals surface area contributed by atoms with Crippen molar-refractivity contribution < 1.29 is 4.79 Å². The van der Waals surface area contributed by atoms with E-state index in [0.29, 0.717) is 5.56 Å². The molecule has 0 bridgehead atoms. The van der Waals surface area contributed by atoms with Gasteiger partial charge in [0, 0.05) is 11.1 Å². The molecule has 4 aromatic rings. The fraction of sp³-hybridized carbons (Fsp3) is 0.0476. The van der Waals surface area contributed by atoms with Crippen molar-refractivity contribution in [3.8, 4) is 5.69 Å². The molecule has 1 atom stereocenters. The van der Waals surface area contributed by atoms with E-state index in [-0.39, 0.29) is 11.9 Å². The number of nitrogens with one attached hydrogen (secondary N) is 1. The van der Waals surface area contributed by atoms with Gasteiger partial charge in [-0.2, -0.15) is 5.10 Å². The lowest BCUT2D eigenvalue weighted by Crippen LogP contribution is -2.28. The van der Waals surface area contributed by atoms with E-state index in [1.807, 2.05) is 78.2 Å². The lowest BCUT2D eigenvalue weighted by Gasteiger charge is -2.17. The minimum atomic E-state index is -0.177. The summed E-state index contributed by atoms with van der Waals surface area (Å²) in [6, 6.07) is 23.6. The van der Waals surface area contributed by atoms with Crippen LogP contribution in [0.25, 0.3) is 5.69 Å². The number of carbonyl (C=O) groups is 1. The molecule has 4 nitrogen and oxygen atoms in total. The summed E-state index contributed by atoms with van der Waals surface area (Å²) in [4.78, 5) is 13.9. The molecule has 2 aromatic heterocycles. The van der Waals surface area contributed by atoms with E-state index in [0.717, 1.165) is 16.1 Å². The highest BCUT2D eigenvalue weighted by molar-refractivity contribution is 7.10. The van der Waals surface area contributed by atoms with E-state index < -0.39 is 0 Å². The van der Waals surface area contributed by atoms with Crippen LogP contribution in [-0.2, 0) is 0 Å². The first-order valence-electron chi connectivity index (χ1n) is 8.30. The van der Waals surface area contributed by atoms with Crippen molar-refractivity contribution in [2.24, 2.45) is 0 Å². The molecule has 0 saturated carbocycles. The Labute approximate surface area is 155 Å². The summed E-state index contributed by atoms with van der Waals surface area (Å²) in [6.45, 7) is 0. The lowest BCUT2D eigenvalue weighted by molar-refractivity contribution is 0.0943. The zero-order chi connectivity index (χ0) is 17.8. The Balaban J connectivity index is 1.59. The van der Waals surface area contributed by atoms with E-state index in [9.17, 15) is 4.79 Å². The van der Waals surface area contributed by atoms with E-state index in [4.69, 9.17) is 0 Å². The molecule has 2 aromatic carbocycles. The van der Waals surface area contributed by atoms with Gasteiger partial charge in [-0.25, -0.2) is 4.68 Å². The quantitative estimate of drug-likeness (QED) is 0.572. The number of rotatable bonds is 5. The second-order valence-corrected chi connectivity index (χ2v) is 6.82. The SMILES string of the molecule is O=C(N[C@@H](c1ccccc1)c1cccs1)c1cnn(-c2ccccc2)c1. The minimum Gasteiger partial charge on any atom is -0.340 e. The van der Waals surface area contributed by atoms with Gasteiger partial charge in [0.15, 0.2) is 0 Å². The largest absolute Gasteiger partial charge is 0.340 e. The molecule has 0 fully saturated rings. The number of benzene rings is 2. The smallest absolute Gasteiger partial charge is 0.255 e. The average molecular weight is 359 g/mol. The van der Waals surface area contributed by atoms with E-state index in [1.165, 1.54) is 0 Å². The van der Waals surface area contributed by atoms with Crippen LogP contribution in [0, 0.1) is 0 Å². The van der Waals surface area contributed by atoms with Gasteiger partial charge in [0.2, 0.25) is 0 Å². The Hall–Kier alpha value is -3.18. The van der Waals surface area contributed by atoms with Crippen LogP contribution in [0.2, 0.25) is 0 Å². The van der Waals surface area contributed by atoms with Gasteiger partial charge in [-0.3, -0.25) is 4.79 Å². The van der Waals surface area contributed by atoms with Crippen LogP contribution in [0.3, 0.4) is 0 Å². The highest BCUT2D eigenvalue weighted by Crippen LogP contribution is 2.26. The minimum absolute atomic E-state index is 0.144. The van der Waals surface area contributed by atoms with Gasteiger partial charge in [0.05, 0.1) is 23.5 Å².